The van der Waals surface area contributed by atoms with Gasteiger partial charge in [-0.05, 0) is 37.6 Å². The van der Waals surface area contributed by atoms with Crippen molar-refractivity contribution in [2.24, 2.45) is 0 Å². The summed E-state index contributed by atoms with van der Waals surface area (Å²) in [5.41, 5.74) is 12.5. The van der Waals surface area contributed by atoms with Crippen LogP contribution in [0.5, 0.6) is 5.88 Å². The zero-order chi connectivity index (χ0) is 19.5. The Morgan fingerprint density at radius 1 is 0.929 bits per heavy atom. The summed E-state index contributed by atoms with van der Waals surface area (Å²) in [6.07, 6.45) is 1.76. The van der Waals surface area contributed by atoms with Crippen LogP contribution in [0.2, 0.25) is 0 Å². The maximum atomic E-state index is 6.06. The highest BCUT2D eigenvalue weighted by atomic mass is 32.1. The van der Waals surface area contributed by atoms with Crippen LogP contribution >= 0.6 is 11.3 Å². The molecule has 2 heterocycles. The summed E-state index contributed by atoms with van der Waals surface area (Å²) in [5.74, 6) is 0.583. The number of nitrogen functional groups attached to an aromatic ring is 1. The van der Waals surface area contributed by atoms with E-state index < -0.39 is 0 Å². The molecule has 0 bridgehead atoms. The molecule has 0 radical (unpaired) electrons. The van der Waals surface area contributed by atoms with E-state index in [4.69, 9.17) is 10.5 Å². The Labute approximate surface area is 168 Å². The van der Waals surface area contributed by atoms with Gasteiger partial charge in [-0.15, -0.1) is 0 Å². The van der Waals surface area contributed by atoms with Crippen LogP contribution in [0, 0.1) is 13.8 Å². The minimum atomic E-state index is 0.478. The second-order valence-electron chi connectivity index (χ2n) is 6.76. The van der Waals surface area contributed by atoms with Gasteiger partial charge in [0.15, 0.2) is 5.13 Å². The molecule has 28 heavy (non-hydrogen) atoms. The molecule has 0 saturated heterocycles. The molecule has 0 aliphatic heterocycles. The van der Waals surface area contributed by atoms with Crippen molar-refractivity contribution < 1.29 is 4.74 Å². The van der Waals surface area contributed by atoms with Gasteiger partial charge >= 0.3 is 0 Å². The van der Waals surface area contributed by atoms with E-state index in [0.717, 1.165) is 27.3 Å². The lowest BCUT2D eigenvalue weighted by Crippen LogP contribution is -1.97. The van der Waals surface area contributed by atoms with E-state index in [1.54, 1.807) is 6.20 Å². The normalized spacial score (nSPS) is 10.8. The monoisotopic (exact) mass is 387 g/mol. The van der Waals surface area contributed by atoms with Crippen molar-refractivity contribution >= 4 is 16.5 Å². The third-order valence-electron chi connectivity index (χ3n) is 4.37. The molecule has 2 aromatic heterocycles. The predicted octanol–water partition coefficient (Wildman–Crippen LogP) is 5.65. The predicted molar refractivity (Wildman–Crippen MR) is 115 cm³/mol. The first-order valence-electron chi connectivity index (χ1n) is 9.06. The molecule has 2 aromatic carbocycles. The van der Waals surface area contributed by atoms with Crippen molar-refractivity contribution in [2.75, 3.05) is 5.73 Å². The van der Waals surface area contributed by atoms with E-state index in [2.05, 4.69) is 42.0 Å². The van der Waals surface area contributed by atoms with Crippen LogP contribution in [0.1, 0.15) is 16.7 Å². The highest BCUT2D eigenvalue weighted by Crippen LogP contribution is 2.39. The summed E-state index contributed by atoms with van der Waals surface area (Å²) in [5, 5.41) is 0.549. The van der Waals surface area contributed by atoms with Gasteiger partial charge in [0, 0.05) is 23.4 Å². The molecule has 0 fully saturated rings. The van der Waals surface area contributed by atoms with Gasteiger partial charge in [-0.3, -0.25) is 0 Å². The summed E-state index contributed by atoms with van der Waals surface area (Å²) >= 11 is 1.48. The van der Waals surface area contributed by atoms with Gasteiger partial charge in [0.25, 0.3) is 0 Å². The third kappa shape index (κ3) is 4.05. The second-order valence-corrected chi connectivity index (χ2v) is 7.79. The first-order chi connectivity index (χ1) is 13.6. The molecule has 4 aromatic rings. The van der Waals surface area contributed by atoms with E-state index in [-0.39, 0.29) is 0 Å². The van der Waals surface area contributed by atoms with Crippen molar-refractivity contribution in [1.82, 2.24) is 9.97 Å². The van der Waals surface area contributed by atoms with E-state index in [1.165, 1.54) is 22.5 Å². The molecule has 4 rings (SSSR count). The van der Waals surface area contributed by atoms with Crippen molar-refractivity contribution in [3.05, 3.63) is 83.6 Å². The number of hydrogen-bond donors (Lipinski definition) is 1. The Bertz CT molecular complexity index is 1090. The van der Waals surface area contributed by atoms with Crippen molar-refractivity contribution in [2.45, 2.75) is 20.5 Å². The Morgan fingerprint density at radius 2 is 1.68 bits per heavy atom. The van der Waals surface area contributed by atoms with E-state index in [1.807, 2.05) is 42.5 Å². The van der Waals surface area contributed by atoms with E-state index in [9.17, 15) is 0 Å². The number of nitrogens with zero attached hydrogens (tertiary/aromatic N) is 2. The SMILES string of the molecule is Cc1cc(C)cc(-c2nc(N)sc2-c2ccnc(OCc3ccccc3)c2)c1. The number of benzene rings is 2. The molecule has 0 saturated carbocycles. The Balaban J connectivity index is 1.66. The zero-order valence-electron chi connectivity index (χ0n) is 15.8. The molecule has 0 spiro atoms. The zero-order valence-corrected chi connectivity index (χ0v) is 16.7. The first kappa shape index (κ1) is 18.2. The van der Waals surface area contributed by atoms with Crippen LogP contribution in [-0.4, -0.2) is 9.97 Å². The Kier molecular flexibility index (Phi) is 5.08. The number of nitrogens with two attached hydrogens (primary N) is 1. The standard InChI is InChI=1S/C23H21N3OS/c1-15-10-16(2)12-19(11-15)21-22(28-23(24)26-21)18-8-9-25-20(13-18)27-14-17-6-4-3-5-7-17/h3-13H,14H2,1-2H3,(H2,24,26). The van der Waals surface area contributed by atoms with Gasteiger partial charge in [0.2, 0.25) is 5.88 Å². The smallest absolute Gasteiger partial charge is 0.214 e. The van der Waals surface area contributed by atoms with E-state index >= 15 is 0 Å². The molecule has 0 atom stereocenters. The van der Waals surface area contributed by atoms with Crippen LogP contribution in [0.25, 0.3) is 21.7 Å². The average Bonchev–Trinajstić information content (AvgIpc) is 3.09. The molecule has 0 unspecified atom stereocenters. The fourth-order valence-corrected chi connectivity index (χ4v) is 4.05. The fraction of sp³-hybridized carbons (Fsp3) is 0.130. The van der Waals surface area contributed by atoms with Crippen LogP contribution in [-0.2, 0) is 6.61 Å². The lowest BCUT2D eigenvalue weighted by molar-refractivity contribution is 0.294. The van der Waals surface area contributed by atoms with E-state index in [0.29, 0.717) is 17.6 Å². The molecule has 5 heteroatoms. The first-order valence-corrected chi connectivity index (χ1v) is 9.88. The van der Waals surface area contributed by atoms with Crippen LogP contribution < -0.4 is 10.5 Å². The van der Waals surface area contributed by atoms with Gasteiger partial charge in [-0.25, -0.2) is 9.97 Å². The molecule has 2 N–H and O–H groups in total. The summed E-state index contributed by atoms with van der Waals surface area (Å²) in [7, 11) is 0. The molecule has 0 aliphatic carbocycles. The summed E-state index contributed by atoms with van der Waals surface area (Å²) in [6, 6.07) is 20.4. The van der Waals surface area contributed by atoms with Crippen molar-refractivity contribution in [1.29, 1.82) is 0 Å². The largest absolute Gasteiger partial charge is 0.473 e. The molecule has 0 aliphatic rings. The van der Waals surface area contributed by atoms with Gasteiger partial charge < -0.3 is 10.5 Å². The highest BCUT2D eigenvalue weighted by molar-refractivity contribution is 7.19. The number of hydrogen-bond acceptors (Lipinski definition) is 5. The molecule has 140 valence electrons. The van der Waals surface area contributed by atoms with Gasteiger partial charge in [-0.1, -0.05) is 58.9 Å². The third-order valence-corrected chi connectivity index (χ3v) is 5.30. The summed E-state index contributed by atoms with van der Waals surface area (Å²) in [6.45, 7) is 4.66. The second kappa shape index (κ2) is 7.82. The van der Waals surface area contributed by atoms with Gasteiger partial charge in [-0.2, -0.15) is 0 Å². The molecule has 4 nitrogen and oxygen atoms in total. The number of ether oxygens (including phenoxy) is 1. The van der Waals surface area contributed by atoms with Crippen molar-refractivity contribution in [3.63, 3.8) is 0 Å². The Hall–Kier alpha value is -3.18. The summed E-state index contributed by atoms with van der Waals surface area (Å²) in [4.78, 5) is 9.97. The lowest BCUT2D eigenvalue weighted by atomic mass is 10.0. The number of aromatic nitrogens is 2. The Morgan fingerprint density at radius 3 is 2.43 bits per heavy atom. The maximum absolute atomic E-state index is 6.06. The van der Waals surface area contributed by atoms with Crippen LogP contribution in [0.4, 0.5) is 5.13 Å². The van der Waals surface area contributed by atoms with Gasteiger partial charge in [0.05, 0.1) is 10.6 Å². The number of anilines is 1. The van der Waals surface area contributed by atoms with Crippen LogP contribution in [0.3, 0.4) is 0 Å². The maximum Gasteiger partial charge on any atom is 0.214 e. The van der Waals surface area contributed by atoms with Gasteiger partial charge in [0.1, 0.15) is 6.61 Å². The fourth-order valence-electron chi connectivity index (χ4n) is 3.20. The molecule has 0 amide bonds. The quantitative estimate of drug-likeness (QED) is 0.481. The summed E-state index contributed by atoms with van der Waals surface area (Å²) < 4.78 is 5.89. The number of aryl methyl sites for hydroxylation is 2. The molecular weight excluding hydrogens is 366 g/mol. The number of thiazole rings is 1. The molecular formula is C23H21N3OS. The van der Waals surface area contributed by atoms with Crippen molar-refractivity contribution in [3.8, 4) is 27.6 Å². The topological polar surface area (TPSA) is 61.0 Å². The van der Waals surface area contributed by atoms with Crippen LogP contribution in [0.15, 0.2) is 66.9 Å². The minimum Gasteiger partial charge on any atom is -0.473 e. The highest BCUT2D eigenvalue weighted by Gasteiger charge is 2.15. The lowest BCUT2D eigenvalue weighted by Gasteiger charge is -2.08. The minimum absolute atomic E-state index is 0.478. The number of pyridine rings is 1. The average molecular weight is 388 g/mol. The number of rotatable bonds is 5.